The van der Waals surface area contributed by atoms with Crippen LogP contribution >= 0.6 is 23.4 Å². The van der Waals surface area contributed by atoms with Crippen LogP contribution in [0.1, 0.15) is 5.56 Å². The molecule has 0 spiro atoms. The van der Waals surface area contributed by atoms with Gasteiger partial charge in [-0.15, -0.1) is 11.8 Å². The van der Waals surface area contributed by atoms with E-state index in [0.717, 1.165) is 11.8 Å². The summed E-state index contributed by atoms with van der Waals surface area (Å²) in [4.78, 5) is 12.3. The molecule has 2 rings (SSSR count). The molecule has 0 radical (unpaired) electrons. The van der Waals surface area contributed by atoms with Crippen molar-refractivity contribution in [2.75, 3.05) is 5.75 Å². The Hall–Kier alpha value is -1.39. The van der Waals surface area contributed by atoms with Crippen LogP contribution in [-0.4, -0.2) is 11.5 Å². The van der Waals surface area contributed by atoms with Gasteiger partial charge >= 0.3 is 0 Å². The first kappa shape index (κ1) is 15.0. The Morgan fingerprint density at radius 1 is 1.15 bits per heavy atom. The molecule has 0 aliphatic rings. The third kappa shape index (κ3) is 4.05. The molecule has 0 heterocycles. The van der Waals surface area contributed by atoms with Gasteiger partial charge in [0.25, 0.3) is 0 Å². The maximum Gasteiger partial charge on any atom is 0.147 e. The molecular weight excluding hydrogens is 302 g/mol. The molecule has 0 aliphatic heterocycles. The lowest BCUT2D eigenvalue weighted by Gasteiger charge is -2.05. The second-order valence-corrected chi connectivity index (χ2v) is 5.59. The van der Waals surface area contributed by atoms with Gasteiger partial charge in [0.2, 0.25) is 0 Å². The van der Waals surface area contributed by atoms with Gasteiger partial charge in [-0.1, -0.05) is 23.7 Å². The van der Waals surface area contributed by atoms with E-state index in [9.17, 15) is 13.6 Å². The van der Waals surface area contributed by atoms with Gasteiger partial charge in [0.15, 0.2) is 0 Å². The molecule has 0 amide bonds. The maximum absolute atomic E-state index is 13.4. The van der Waals surface area contributed by atoms with Crippen molar-refractivity contribution < 1.29 is 13.6 Å². The highest BCUT2D eigenvalue weighted by atomic mass is 35.5. The van der Waals surface area contributed by atoms with E-state index in [2.05, 4.69) is 0 Å². The number of thioether (sulfide) groups is 1. The summed E-state index contributed by atoms with van der Waals surface area (Å²) in [6.45, 7) is 0. The fourth-order valence-corrected chi connectivity index (χ4v) is 2.65. The zero-order chi connectivity index (χ0) is 14.5. The molecule has 0 atom stereocenters. The van der Waals surface area contributed by atoms with Crippen molar-refractivity contribution in [3.05, 3.63) is 64.7 Å². The van der Waals surface area contributed by atoms with Crippen molar-refractivity contribution >= 4 is 29.1 Å². The van der Waals surface area contributed by atoms with E-state index in [1.165, 1.54) is 24.3 Å². The highest BCUT2D eigenvalue weighted by Crippen LogP contribution is 2.23. The van der Waals surface area contributed by atoms with Crippen LogP contribution in [0.3, 0.4) is 0 Å². The number of rotatable bonds is 5. The summed E-state index contributed by atoms with van der Waals surface area (Å²) >= 11 is 7.02. The molecule has 0 aromatic heterocycles. The molecule has 0 N–H and O–H groups in total. The lowest BCUT2D eigenvalue weighted by Crippen LogP contribution is -2.06. The van der Waals surface area contributed by atoms with E-state index >= 15 is 0 Å². The molecule has 104 valence electrons. The third-order valence-corrected chi connectivity index (χ3v) is 4.10. The number of ketones is 1. The number of halogens is 3. The lowest BCUT2D eigenvalue weighted by molar-refractivity contribution is -0.116. The van der Waals surface area contributed by atoms with E-state index in [-0.39, 0.29) is 23.8 Å². The second kappa shape index (κ2) is 6.86. The quantitative estimate of drug-likeness (QED) is 0.755. The fraction of sp³-hybridized carbons (Fsp3) is 0.133. The zero-order valence-electron chi connectivity index (χ0n) is 10.4. The zero-order valence-corrected chi connectivity index (χ0v) is 12.0. The lowest BCUT2D eigenvalue weighted by atomic mass is 10.1. The van der Waals surface area contributed by atoms with Crippen LogP contribution in [0.4, 0.5) is 8.78 Å². The molecular formula is C15H11ClF2OS. The van der Waals surface area contributed by atoms with Crippen molar-refractivity contribution in [3.8, 4) is 0 Å². The Kier molecular flexibility index (Phi) is 5.15. The summed E-state index contributed by atoms with van der Waals surface area (Å²) in [5, 5.41) is 0.357. The number of Topliss-reactive ketones (excluding diaryl/α,β-unsaturated/α-hetero) is 1. The maximum atomic E-state index is 13.4. The van der Waals surface area contributed by atoms with Crippen molar-refractivity contribution in [2.24, 2.45) is 0 Å². The van der Waals surface area contributed by atoms with Crippen LogP contribution in [0.25, 0.3) is 0 Å². The summed E-state index contributed by atoms with van der Waals surface area (Å²) in [6, 6.07) is 10.2. The predicted molar refractivity (Wildman–Crippen MR) is 77.2 cm³/mol. The van der Waals surface area contributed by atoms with Crippen molar-refractivity contribution in [1.29, 1.82) is 0 Å². The minimum absolute atomic E-state index is 0.0397. The minimum atomic E-state index is -0.432. The normalized spacial score (nSPS) is 10.6. The fourth-order valence-electron chi connectivity index (χ4n) is 1.66. The van der Waals surface area contributed by atoms with Gasteiger partial charge in [0, 0.05) is 16.3 Å². The predicted octanol–water partition coefficient (Wildman–Crippen LogP) is 4.52. The number of hydrogen-bond acceptors (Lipinski definition) is 2. The standard InChI is InChI=1S/C15H11ClF2OS/c16-13-6-5-11(17)7-10(13)8-12(19)9-20-15-4-2-1-3-14(15)18/h1-7H,8-9H2. The Morgan fingerprint density at radius 2 is 1.90 bits per heavy atom. The Bertz CT molecular complexity index is 631. The van der Waals surface area contributed by atoms with Gasteiger partial charge in [-0.2, -0.15) is 0 Å². The number of carbonyl (C=O) groups is 1. The molecule has 0 fully saturated rings. The van der Waals surface area contributed by atoms with Gasteiger partial charge in [-0.3, -0.25) is 4.79 Å². The van der Waals surface area contributed by atoms with E-state index in [0.29, 0.717) is 15.5 Å². The molecule has 1 nitrogen and oxygen atoms in total. The Balaban J connectivity index is 1.96. The smallest absolute Gasteiger partial charge is 0.147 e. The molecule has 0 aliphatic carbocycles. The third-order valence-electron chi connectivity index (χ3n) is 2.62. The number of carbonyl (C=O) groups excluding carboxylic acids is 1. The summed E-state index contributed by atoms with van der Waals surface area (Å²) in [5.74, 6) is -0.799. The van der Waals surface area contributed by atoms with Gasteiger partial charge in [0.05, 0.1) is 5.75 Å². The molecule has 0 bridgehead atoms. The van der Waals surface area contributed by atoms with Crippen molar-refractivity contribution in [2.45, 2.75) is 11.3 Å². The molecule has 5 heteroatoms. The van der Waals surface area contributed by atoms with Gasteiger partial charge in [-0.05, 0) is 35.9 Å². The number of benzene rings is 2. The average molecular weight is 313 g/mol. The largest absolute Gasteiger partial charge is 0.298 e. The molecule has 2 aromatic rings. The highest BCUT2D eigenvalue weighted by Gasteiger charge is 2.10. The van der Waals surface area contributed by atoms with E-state index < -0.39 is 5.82 Å². The van der Waals surface area contributed by atoms with Gasteiger partial charge < -0.3 is 0 Å². The first-order valence-corrected chi connectivity index (χ1v) is 7.25. The van der Waals surface area contributed by atoms with Crippen LogP contribution in [0.2, 0.25) is 5.02 Å². The SMILES string of the molecule is O=C(CSc1ccccc1F)Cc1cc(F)ccc1Cl. The average Bonchev–Trinajstić information content (AvgIpc) is 2.42. The van der Waals surface area contributed by atoms with E-state index in [4.69, 9.17) is 11.6 Å². The van der Waals surface area contributed by atoms with Crippen LogP contribution < -0.4 is 0 Å². The van der Waals surface area contributed by atoms with Crippen LogP contribution in [-0.2, 0) is 11.2 Å². The molecule has 0 unspecified atom stereocenters. The minimum Gasteiger partial charge on any atom is -0.298 e. The topological polar surface area (TPSA) is 17.1 Å². The summed E-state index contributed by atoms with van der Waals surface area (Å²) in [5.41, 5.74) is 0.450. The van der Waals surface area contributed by atoms with Crippen LogP contribution in [0.5, 0.6) is 0 Å². The van der Waals surface area contributed by atoms with Crippen LogP contribution in [0, 0.1) is 11.6 Å². The van der Waals surface area contributed by atoms with E-state index in [1.54, 1.807) is 18.2 Å². The molecule has 0 saturated carbocycles. The summed E-state index contributed by atoms with van der Waals surface area (Å²) < 4.78 is 26.5. The summed E-state index contributed by atoms with van der Waals surface area (Å²) in [6.07, 6.45) is 0.0397. The highest BCUT2D eigenvalue weighted by molar-refractivity contribution is 8.00. The van der Waals surface area contributed by atoms with Gasteiger partial charge in [0.1, 0.15) is 17.4 Å². The first-order chi connectivity index (χ1) is 9.56. The summed E-state index contributed by atoms with van der Waals surface area (Å²) in [7, 11) is 0. The van der Waals surface area contributed by atoms with E-state index in [1.807, 2.05) is 0 Å². The number of hydrogen-bond donors (Lipinski definition) is 0. The van der Waals surface area contributed by atoms with Gasteiger partial charge in [-0.25, -0.2) is 8.78 Å². The molecule has 0 saturated heterocycles. The Labute approximate surface area is 125 Å². The molecule has 20 heavy (non-hydrogen) atoms. The van der Waals surface area contributed by atoms with Crippen molar-refractivity contribution in [3.63, 3.8) is 0 Å². The second-order valence-electron chi connectivity index (χ2n) is 4.17. The Morgan fingerprint density at radius 3 is 2.65 bits per heavy atom. The van der Waals surface area contributed by atoms with Crippen LogP contribution in [0.15, 0.2) is 47.4 Å². The monoisotopic (exact) mass is 312 g/mol. The first-order valence-electron chi connectivity index (χ1n) is 5.89. The van der Waals surface area contributed by atoms with Crippen molar-refractivity contribution in [1.82, 2.24) is 0 Å². The molecule has 2 aromatic carbocycles.